The first kappa shape index (κ1) is 18.7. The van der Waals surface area contributed by atoms with Gasteiger partial charge in [0.25, 0.3) is 0 Å². The third kappa shape index (κ3) is 4.43. The van der Waals surface area contributed by atoms with Gasteiger partial charge in [-0.05, 0) is 38.5 Å². The Morgan fingerprint density at radius 2 is 2.00 bits per heavy atom. The van der Waals surface area contributed by atoms with Gasteiger partial charge in [-0.1, -0.05) is 12.8 Å². The predicted octanol–water partition coefficient (Wildman–Crippen LogP) is 2.23. The predicted molar refractivity (Wildman–Crippen MR) is 106 cm³/mol. The Balaban J connectivity index is 1.37. The normalized spacial score (nSPS) is 24.1. The van der Waals surface area contributed by atoms with Gasteiger partial charge in [0.2, 0.25) is 5.91 Å². The lowest BCUT2D eigenvalue weighted by Gasteiger charge is -2.40. The van der Waals surface area contributed by atoms with E-state index in [9.17, 15) is 9.59 Å². The molecule has 8 heteroatoms. The van der Waals surface area contributed by atoms with Gasteiger partial charge < -0.3 is 15.1 Å². The molecule has 3 amide bonds. The van der Waals surface area contributed by atoms with Crippen molar-refractivity contribution in [1.29, 1.82) is 0 Å². The molecule has 0 saturated carbocycles. The number of piperazine rings is 1. The number of aryl methyl sites for hydroxylation is 2. The topological polar surface area (TPSA) is 77.6 Å². The summed E-state index contributed by atoms with van der Waals surface area (Å²) in [7, 11) is 0. The van der Waals surface area contributed by atoms with Crippen molar-refractivity contribution in [3.63, 3.8) is 0 Å². The zero-order valence-electron chi connectivity index (χ0n) is 15.8. The van der Waals surface area contributed by atoms with Crippen molar-refractivity contribution < 1.29 is 9.59 Å². The molecule has 7 nitrogen and oxygen atoms in total. The molecular weight excluding hydrogens is 362 g/mol. The molecule has 27 heavy (non-hydrogen) atoms. The minimum Gasteiger partial charge on any atom is -0.336 e. The molecule has 1 aromatic rings. The van der Waals surface area contributed by atoms with Gasteiger partial charge in [0.05, 0.1) is 12.2 Å². The van der Waals surface area contributed by atoms with Crippen molar-refractivity contribution in [2.75, 3.05) is 38.0 Å². The van der Waals surface area contributed by atoms with Gasteiger partial charge in [-0.3, -0.25) is 10.1 Å². The number of rotatable bonds is 2. The molecule has 0 aromatic carbocycles. The zero-order chi connectivity index (χ0) is 18.6. The monoisotopic (exact) mass is 391 g/mol. The number of carbonyl (C=O) groups excluding carboxylic acids is 2. The first-order valence-corrected chi connectivity index (χ1v) is 11.1. The summed E-state index contributed by atoms with van der Waals surface area (Å²) in [6.45, 7) is 3.33. The maximum atomic E-state index is 12.8. The molecular formula is C19H29N5O2S. The van der Waals surface area contributed by atoms with Crippen LogP contribution in [0.5, 0.6) is 0 Å². The molecule has 4 rings (SSSR count). The van der Waals surface area contributed by atoms with E-state index in [1.807, 2.05) is 9.80 Å². The highest BCUT2D eigenvalue weighted by Gasteiger charge is 2.32. The summed E-state index contributed by atoms with van der Waals surface area (Å²) in [5, 5.41) is 6.86. The van der Waals surface area contributed by atoms with Gasteiger partial charge in [-0.25, -0.2) is 9.78 Å². The minimum atomic E-state index is -0.0796. The maximum Gasteiger partial charge on any atom is 0.323 e. The summed E-state index contributed by atoms with van der Waals surface area (Å²) >= 11 is 1.64. The van der Waals surface area contributed by atoms with Crippen LogP contribution in [0.4, 0.5) is 9.93 Å². The van der Waals surface area contributed by atoms with Crippen molar-refractivity contribution in [1.82, 2.24) is 20.1 Å². The standard InChI is InChI=1S/C19H29N5O2S/c25-17-12-20-9-11-24(17)14-6-5-10-23(13-14)19(26)22-18-21-15-7-3-1-2-4-8-16(15)27-18/h14,20H,1-13H2,(H,21,22,26). The van der Waals surface area contributed by atoms with Crippen LogP contribution in [0.1, 0.15) is 49.1 Å². The second-order valence-corrected chi connectivity index (χ2v) is 8.82. The number of carbonyl (C=O) groups is 2. The number of thiazole rings is 1. The summed E-state index contributed by atoms with van der Waals surface area (Å²) in [6.07, 6.45) is 8.99. The van der Waals surface area contributed by atoms with Crippen LogP contribution in [0.2, 0.25) is 0 Å². The van der Waals surface area contributed by atoms with Crippen LogP contribution in [0.15, 0.2) is 0 Å². The van der Waals surface area contributed by atoms with E-state index >= 15 is 0 Å². The first-order chi connectivity index (χ1) is 13.2. The average molecular weight is 392 g/mol. The minimum absolute atomic E-state index is 0.0796. The Bertz CT molecular complexity index is 666. The first-order valence-electron chi connectivity index (χ1n) is 10.3. The SMILES string of the molecule is O=C(Nc1nc2c(s1)CCCCCC2)N1CCCC(N2CCNCC2=O)C1. The van der Waals surface area contributed by atoms with Crippen LogP contribution in [-0.4, -0.2) is 65.5 Å². The Kier molecular flexibility index (Phi) is 5.92. The van der Waals surface area contributed by atoms with Crippen LogP contribution in [0.3, 0.4) is 0 Å². The fraction of sp³-hybridized carbons (Fsp3) is 0.737. The summed E-state index contributed by atoms with van der Waals surface area (Å²) in [6, 6.07) is 0.0552. The fourth-order valence-corrected chi connectivity index (χ4v) is 5.37. The molecule has 0 spiro atoms. The lowest BCUT2D eigenvalue weighted by atomic mass is 10.0. The molecule has 0 radical (unpaired) electrons. The van der Waals surface area contributed by atoms with Gasteiger partial charge in [-0.2, -0.15) is 0 Å². The third-order valence-electron chi connectivity index (χ3n) is 5.81. The van der Waals surface area contributed by atoms with E-state index in [-0.39, 0.29) is 18.0 Å². The lowest BCUT2D eigenvalue weighted by Crippen LogP contribution is -2.57. The Hall–Kier alpha value is -1.67. The largest absolute Gasteiger partial charge is 0.336 e. The summed E-state index contributed by atoms with van der Waals surface area (Å²) in [4.78, 5) is 34.8. The van der Waals surface area contributed by atoms with Crippen LogP contribution in [-0.2, 0) is 17.6 Å². The van der Waals surface area contributed by atoms with Crippen molar-refractivity contribution in [2.24, 2.45) is 0 Å². The summed E-state index contributed by atoms with van der Waals surface area (Å²) in [5.74, 6) is 0.147. The quantitative estimate of drug-likeness (QED) is 0.810. The molecule has 2 N–H and O–H groups in total. The molecule has 2 aliphatic heterocycles. The van der Waals surface area contributed by atoms with E-state index in [2.05, 4.69) is 10.6 Å². The fourth-order valence-electron chi connectivity index (χ4n) is 4.33. The van der Waals surface area contributed by atoms with Gasteiger partial charge in [-0.15, -0.1) is 11.3 Å². The zero-order valence-corrected chi connectivity index (χ0v) is 16.7. The molecule has 3 heterocycles. The lowest BCUT2D eigenvalue weighted by molar-refractivity contribution is -0.135. The smallest absolute Gasteiger partial charge is 0.323 e. The van der Waals surface area contributed by atoms with Gasteiger partial charge in [0, 0.05) is 37.1 Å². The number of nitrogens with zero attached hydrogens (tertiary/aromatic N) is 3. The number of anilines is 1. The number of likely N-dealkylation sites (tertiary alicyclic amines) is 1. The van der Waals surface area contributed by atoms with Crippen LogP contribution < -0.4 is 10.6 Å². The number of hydrogen-bond acceptors (Lipinski definition) is 5. The van der Waals surface area contributed by atoms with E-state index in [0.717, 1.165) is 50.4 Å². The van der Waals surface area contributed by atoms with Gasteiger partial charge in [0.15, 0.2) is 5.13 Å². The average Bonchev–Trinajstić information content (AvgIpc) is 3.03. The van der Waals surface area contributed by atoms with Crippen LogP contribution in [0, 0.1) is 0 Å². The second kappa shape index (κ2) is 8.56. The van der Waals surface area contributed by atoms with Crippen molar-refractivity contribution in [3.8, 4) is 0 Å². The number of hydrogen-bond donors (Lipinski definition) is 2. The van der Waals surface area contributed by atoms with Crippen LogP contribution >= 0.6 is 11.3 Å². The summed E-state index contributed by atoms with van der Waals surface area (Å²) in [5.41, 5.74) is 1.18. The summed E-state index contributed by atoms with van der Waals surface area (Å²) < 4.78 is 0. The molecule has 1 atom stereocenters. The molecule has 1 aromatic heterocycles. The van der Waals surface area contributed by atoms with Gasteiger partial charge in [0.1, 0.15) is 0 Å². The van der Waals surface area contributed by atoms with Crippen molar-refractivity contribution >= 4 is 28.4 Å². The second-order valence-electron chi connectivity index (χ2n) is 7.74. The number of nitrogens with one attached hydrogen (secondary N) is 2. The van der Waals surface area contributed by atoms with E-state index in [1.54, 1.807) is 11.3 Å². The molecule has 1 aliphatic carbocycles. The van der Waals surface area contributed by atoms with Crippen LogP contribution in [0.25, 0.3) is 0 Å². The van der Waals surface area contributed by atoms with E-state index in [0.29, 0.717) is 13.1 Å². The molecule has 148 valence electrons. The Morgan fingerprint density at radius 1 is 1.15 bits per heavy atom. The van der Waals surface area contributed by atoms with E-state index in [4.69, 9.17) is 4.98 Å². The molecule has 1 unspecified atom stereocenters. The van der Waals surface area contributed by atoms with Gasteiger partial charge >= 0.3 is 6.03 Å². The molecule has 2 fully saturated rings. The Morgan fingerprint density at radius 3 is 2.85 bits per heavy atom. The number of urea groups is 1. The molecule has 0 bridgehead atoms. The number of amides is 3. The molecule has 2 saturated heterocycles. The highest BCUT2D eigenvalue weighted by Crippen LogP contribution is 2.29. The highest BCUT2D eigenvalue weighted by molar-refractivity contribution is 7.15. The Labute approximate surface area is 164 Å². The number of piperidine rings is 1. The van der Waals surface area contributed by atoms with Crippen molar-refractivity contribution in [2.45, 2.75) is 57.4 Å². The maximum absolute atomic E-state index is 12.8. The number of aromatic nitrogens is 1. The highest BCUT2D eigenvalue weighted by atomic mass is 32.1. The van der Waals surface area contributed by atoms with E-state index < -0.39 is 0 Å². The molecule has 3 aliphatic rings. The third-order valence-corrected chi connectivity index (χ3v) is 6.88. The van der Waals surface area contributed by atoms with E-state index in [1.165, 1.54) is 36.3 Å². The van der Waals surface area contributed by atoms with Crippen molar-refractivity contribution in [3.05, 3.63) is 10.6 Å². The number of fused-ring (bicyclic) bond motifs is 1.